The van der Waals surface area contributed by atoms with Gasteiger partial charge in [0.15, 0.2) is 0 Å². The second-order valence-corrected chi connectivity index (χ2v) is 11.0. The number of amides is 2. The number of benzene rings is 2. The van der Waals surface area contributed by atoms with Crippen molar-refractivity contribution in [2.45, 2.75) is 70.5 Å². The number of hydrogen-bond donors (Lipinski definition) is 1. The number of carbonyl (C=O) groups is 2. The van der Waals surface area contributed by atoms with E-state index in [0.717, 1.165) is 30.4 Å². The van der Waals surface area contributed by atoms with Crippen LogP contribution in [0.5, 0.6) is 0 Å². The molecule has 2 amide bonds. The molecule has 4 unspecified atom stereocenters. The summed E-state index contributed by atoms with van der Waals surface area (Å²) in [7, 11) is 1.87. The first kappa shape index (κ1) is 27.5. The fourth-order valence-corrected chi connectivity index (χ4v) is 6.53. The van der Waals surface area contributed by atoms with E-state index >= 15 is 0 Å². The molecule has 2 aromatic rings. The maximum absolute atomic E-state index is 14.0. The Hall–Kier alpha value is -3.08. The predicted molar refractivity (Wildman–Crippen MR) is 133 cm³/mol. The van der Waals surface area contributed by atoms with E-state index in [1.807, 2.05) is 39.1 Å². The average Bonchev–Trinajstić information content (AvgIpc) is 3.43. The Morgan fingerprint density at radius 2 is 1.54 bits per heavy atom. The summed E-state index contributed by atoms with van der Waals surface area (Å²) in [5.41, 5.74) is -2.66. The normalized spacial score (nSPS) is 27.0. The number of hydrogen-bond acceptors (Lipinski definition) is 3. The molecular formula is C28H29F6N3O2. The van der Waals surface area contributed by atoms with E-state index in [-0.39, 0.29) is 18.0 Å². The van der Waals surface area contributed by atoms with Crippen LogP contribution in [0.1, 0.15) is 48.4 Å². The number of anilines is 2. The van der Waals surface area contributed by atoms with Gasteiger partial charge in [0, 0.05) is 23.5 Å². The van der Waals surface area contributed by atoms with Crippen molar-refractivity contribution in [1.82, 2.24) is 4.90 Å². The van der Waals surface area contributed by atoms with Crippen LogP contribution in [0.25, 0.3) is 0 Å². The molecule has 3 aliphatic rings. The molecule has 2 saturated carbocycles. The third-order valence-electron chi connectivity index (χ3n) is 8.78. The number of nitrogens with zero attached hydrogens (tertiary/aromatic N) is 2. The summed E-state index contributed by atoms with van der Waals surface area (Å²) >= 11 is 0. The smallest absolute Gasteiger partial charge is 0.325 e. The summed E-state index contributed by atoms with van der Waals surface area (Å²) in [6.45, 7) is 5.33. The molecule has 5 nitrogen and oxygen atoms in total. The summed E-state index contributed by atoms with van der Waals surface area (Å²) in [5, 5.41) is 2.36. The maximum Gasteiger partial charge on any atom is 0.416 e. The van der Waals surface area contributed by atoms with Crippen molar-refractivity contribution in [3.8, 4) is 0 Å². The Bertz CT molecular complexity index is 1280. The van der Waals surface area contributed by atoms with E-state index in [1.165, 1.54) is 0 Å². The van der Waals surface area contributed by atoms with E-state index in [2.05, 4.69) is 10.2 Å². The number of alkyl halides is 6. The Morgan fingerprint density at radius 3 is 2.00 bits per heavy atom. The minimum absolute atomic E-state index is 0.0193. The van der Waals surface area contributed by atoms with Gasteiger partial charge in [0.25, 0.3) is 0 Å². The molecule has 1 aliphatic heterocycles. The molecule has 11 heteroatoms. The largest absolute Gasteiger partial charge is 0.416 e. The summed E-state index contributed by atoms with van der Waals surface area (Å²) in [5.74, 6) is -1.90. The Kier molecular flexibility index (Phi) is 6.32. The minimum Gasteiger partial charge on any atom is -0.325 e. The van der Waals surface area contributed by atoms with E-state index in [4.69, 9.17) is 0 Å². The molecule has 2 aromatic carbocycles. The van der Waals surface area contributed by atoms with Crippen molar-refractivity contribution in [2.24, 2.45) is 11.3 Å². The van der Waals surface area contributed by atoms with Crippen LogP contribution in [0.3, 0.4) is 0 Å². The summed E-state index contributed by atoms with van der Waals surface area (Å²) in [6.07, 6.45) is -7.27. The first-order valence-corrected chi connectivity index (χ1v) is 12.8. The predicted octanol–water partition coefficient (Wildman–Crippen LogP) is 6.18. The van der Waals surface area contributed by atoms with Gasteiger partial charge in [-0.15, -0.1) is 0 Å². The zero-order chi connectivity index (χ0) is 28.7. The molecular weight excluding hydrogens is 524 g/mol. The molecule has 5 rings (SSSR count). The topological polar surface area (TPSA) is 52.7 Å². The molecule has 2 aliphatic carbocycles. The highest BCUT2D eigenvalue weighted by Gasteiger charge is 2.82. The van der Waals surface area contributed by atoms with Gasteiger partial charge in [-0.3, -0.25) is 14.5 Å². The highest BCUT2D eigenvalue weighted by Crippen LogP contribution is 2.65. The van der Waals surface area contributed by atoms with Gasteiger partial charge >= 0.3 is 12.4 Å². The lowest BCUT2D eigenvalue weighted by Gasteiger charge is -2.38. The lowest BCUT2D eigenvalue weighted by molar-refractivity contribution is -0.143. The van der Waals surface area contributed by atoms with Crippen molar-refractivity contribution in [2.75, 3.05) is 17.3 Å². The number of halogens is 6. The summed E-state index contributed by atoms with van der Waals surface area (Å²) in [6, 6.07) is 5.70. The van der Waals surface area contributed by atoms with Crippen molar-refractivity contribution < 1.29 is 35.9 Å². The van der Waals surface area contributed by atoms with Crippen molar-refractivity contribution in [3.05, 3.63) is 58.7 Å². The Labute approximate surface area is 222 Å². The Balaban J connectivity index is 1.57. The molecule has 0 aromatic heterocycles. The third-order valence-corrected chi connectivity index (χ3v) is 8.78. The Morgan fingerprint density at radius 1 is 1.00 bits per heavy atom. The summed E-state index contributed by atoms with van der Waals surface area (Å²) in [4.78, 5) is 31.3. The second-order valence-electron chi connectivity index (χ2n) is 11.0. The number of carbonyl (C=O) groups excluding carboxylic acids is 2. The lowest BCUT2D eigenvalue weighted by atomic mass is 9.87. The van der Waals surface area contributed by atoms with Gasteiger partial charge in [-0.1, -0.05) is 31.5 Å². The lowest BCUT2D eigenvalue weighted by Crippen LogP contribution is -2.48. The molecule has 3 fully saturated rings. The van der Waals surface area contributed by atoms with E-state index in [1.54, 1.807) is 11.8 Å². The fraction of sp³-hybridized carbons (Fsp3) is 0.500. The van der Waals surface area contributed by atoms with Gasteiger partial charge in [-0.2, -0.15) is 26.3 Å². The second kappa shape index (κ2) is 8.97. The highest BCUT2D eigenvalue weighted by atomic mass is 19.4. The van der Waals surface area contributed by atoms with Gasteiger partial charge in [0.1, 0.15) is 5.41 Å². The number of rotatable bonds is 5. The monoisotopic (exact) mass is 553 g/mol. The standard InChI is InChI=1S/C28H29F6N3O2/c1-14-7-5-8-15(2)21(14)37-23-22(36(4)20-9-6-10-20)26(23,16(3)24(37)38)25(39)35-19-12-17(27(29,30)31)11-18(13-19)28(32,33)34/h5,7-8,11-13,16,20,22-23H,6,9-10H2,1-4H3,(H,35,39). The van der Waals surface area contributed by atoms with E-state index < -0.39 is 58.5 Å². The molecule has 39 heavy (non-hydrogen) atoms. The molecule has 0 spiro atoms. The van der Waals surface area contributed by atoms with Crippen LogP contribution < -0.4 is 10.2 Å². The number of fused-ring (bicyclic) bond motifs is 1. The molecule has 4 atom stereocenters. The first-order chi connectivity index (χ1) is 18.1. The molecule has 1 saturated heterocycles. The van der Waals surface area contributed by atoms with Crippen LogP contribution in [-0.4, -0.2) is 41.9 Å². The molecule has 0 radical (unpaired) electrons. The van der Waals surface area contributed by atoms with Crippen LogP contribution in [-0.2, 0) is 21.9 Å². The number of nitrogens with one attached hydrogen (secondary N) is 1. The van der Waals surface area contributed by atoms with Gasteiger partial charge in [-0.05, 0) is 63.1 Å². The minimum atomic E-state index is -5.05. The van der Waals surface area contributed by atoms with Gasteiger partial charge in [-0.25, -0.2) is 0 Å². The van der Waals surface area contributed by atoms with Crippen LogP contribution in [0, 0.1) is 25.2 Å². The molecule has 1 heterocycles. The van der Waals surface area contributed by atoms with Crippen molar-refractivity contribution in [3.63, 3.8) is 0 Å². The molecule has 0 bridgehead atoms. The maximum atomic E-state index is 14.0. The average molecular weight is 554 g/mol. The first-order valence-electron chi connectivity index (χ1n) is 12.8. The highest BCUT2D eigenvalue weighted by molar-refractivity contribution is 6.13. The van der Waals surface area contributed by atoms with Crippen molar-refractivity contribution >= 4 is 23.2 Å². The third kappa shape index (κ3) is 4.20. The van der Waals surface area contributed by atoms with Crippen LogP contribution in [0.2, 0.25) is 0 Å². The summed E-state index contributed by atoms with van der Waals surface area (Å²) < 4.78 is 80.7. The number of aryl methyl sites for hydroxylation is 2. The van der Waals surface area contributed by atoms with Crippen LogP contribution in [0.15, 0.2) is 36.4 Å². The van der Waals surface area contributed by atoms with E-state index in [0.29, 0.717) is 17.8 Å². The fourth-order valence-electron chi connectivity index (χ4n) is 6.53. The zero-order valence-electron chi connectivity index (χ0n) is 21.9. The van der Waals surface area contributed by atoms with Gasteiger partial charge in [0.05, 0.1) is 23.1 Å². The van der Waals surface area contributed by atoms with Gasteiger partial charge < -0.3 is 10.2 Å². The zero-order valence-corrected chi connectivity index (χ0v) is 21.9. The van der Waals surface area contributed by atoms with Gasteiger partial charge in [0.2, 0.25) is 11.8 Å². The van der Waals surface area contributed by atoms with Crippen LogP contribution in [0.4, 0.5) is 37.7 Å². The quantitative estimate of drug-likeness (QED) is 0.450. The molecule has 1 N–H and O–H groups in total. The van der Waals surface area contributed by atoms with Crippen molar-refractivity contribution in [1.29, 1.82) is 0 Å². The molecule has 210 valence electrons. The van der Waals surface area contributed by atoms with Crippen LogP contribution >= 0.6 is 0 Å². The number of likely N-dealkylation sites (N-methyl/N-ethyl adjacent to an activating group) is 1. The number of piperidine rings is 1. The number of para-hydroxylation sites is 1. The van der Waals surface area contributed by atoms with E-state index in [9.17, 15) is 35.9 Å². The SMILES string of the molecule is Cc1cccc(C)c1N1C(=O)C(C)C2(C(=O)Nc3cc(C(F)(F)F)cc(C(F)(F)F)c3)C1C2N(C)C1CCC1.